The van der Waals surface area contributed by atoms with Crippen molar-refractivity contribution < 1.29 is 9.32 Å². The molecule has 1 heterocycles. The molecule has 6 heteroatoms. The lowest BCUT2D eigenvalue weighted by molar-refractivity contribution is -0.128. The summed E-state index contributed by atoms with van der Waals surface area (Å²) < 4.78 is 5.11. The Balaban J connectivity index is 2.08. The molecule has 0 saturated carbocycles. The molecule has 2 aromatic rings. The van der Waals surface area contributed by atoms with Gasteiger partial charge in [0.15, 0.2) is 0 Å². The van der Waals surface area contributed by atoms with Crippen LogP contribution in [0.5, 0.6) is 0 Å². The molecule has 0 bridgehead atoms. The van der Waals surface area contributed by atoms with E-state index in [1.54, 1.807) is 20.2 Å². The number of hydrogen-bond acceptors (Lipinski definition) is 4. The monoisotopic (exact) mass is 279 g/mol. The van der Waals surface area contributed by atoms with Crippen molar-refractivity contribution in [3.63, 3.8) is 0 Å². The number of rotatable bonds is 4. The molecule has 2 rings (SSSR count). The molecule has 0 saturated heterocycles. The van der Waals surface area contributed by atoms with E-state index >= 15 is 0 Å². The van der Waals surface area contributed by atoms with Crippen LogP contribution in [0.1, 0.15) is 12.3 Å². The molecule has 0 spiro atoms. The smallest absolute Gasteiger partial charge is 0.227 e. The fourth-order valence-corrected chi connectivity index (χ4v) is 1.77. The molecule has 0 radical (unpaired) electrons. The summed E-state index contributed by atoms with van der Waals surface area (Å²) in [4.78, 5) is 17.2. The van der Waals surface area contributed by atoms with E-state index in [-0.39, 0.29) is 5.91 Å². The molecule has 5 nitrogen and oxygen atoms in total. The summed E-state index contributed by atoms with van der Waals surface area (Å²) in [6, 6.07) is 7.28. The number of carbonyl (C=O) groups excluding carboxylic acids is 1. The fraction of sp³-hybridized carbons (Fsp3) is 0.308. The van der Waals surface area contributed by atoms with Crippen LogP contribution < -0.4 is 0 Å². The van der Waals surface area contributed by atoms with Gasteiger partial charge < -0.3 is 9.42 Å². The second-order valence-corrected chi connectivity index (χ2v) is 4.69. The van der Waals surface area contributed by atoms with Gasteiger partial charge in [0.1, 0.15) is 0 Å². The Morgan fingerprint density at radius 2 is 2.11 bits per heavy atom. The first kappa shape index (κ1) is 13.5. The quantitative estimate of drug-likeness (QED) is 0.862. The molecule has 0 fully saturated rings. The van der Waals surface area contributed by atoms with E-state index in [0.29, 0.717) is 29.6 Å². The van der Waals surface area contributed by atoms with Gasteiger partial charge in [-0.1, -0.05) is 28.9 Å². The van der Waals surface area contributed by atoms with E-state index in [1.807, 2.05) is 18.2 Å². The van der Waals surface area contributed by atoms with Gasteiger partial charge in [0.25, 0.3) is 0 Å². The van der Waals surface area contributed by atoms with Gasteiger partial charge in [0.05, 0.1) is 5.02 Å². The highest BCUT2D eigenvalue weighted by molar-refractivity contribution is 6.33. The molecule has 100 valence electrons. The maximum atomic E-state index is 11.5. The second kappa shape index (κ2) is 5.84. The minimum absolute atomic E-state index is 0.0255. The standard InChI is InChI=1S/C13H14ClN3O2/c1-17(2)12(18)8-7-11-15-13(16-19-11)9-5-3-4-6-10(9)14/h3-6H,7-8H2,1-2H3. The zero-order valence-corrected chi connectivity index (χ0v) is 11.5. The lowest BCUT2D eigenvalue weighted by Crippen LogP contribution is -2.21. The van der Waals surface area contributed by atoms with Crippen molar-refractivity contribution >= 4 is 17.5 Å². The van der Waals surface area contributed by atoms with Crippen LogP contribution in [0.3, 0.4) is 0 Å². The van der Waals surface area contributed by atoms with Gasteiger partial charge in [-0.3, -0.25) is 4.79 Å². The van der Waals surface area contributed by atoms with E-state index in [0.717, 1.165) is 5.56 Å². The summed E-state index contributed by atoms with van der Waals surface area (Å²) in [5.41, 5.74) is 0.720. The lowest BCUT2D eigenvalue weighted by atomic mass is 10.2. The highest BCUT2D eigenvalue weighted by atomic mass is 35.5. The van der Waals surface area contributed by atoms with Crippen LogP contribution >= 0.6 is 11.6 Å². The van der Waals surface area contributed by atoms with Crippen molar-refractivity contribution in [1.29, 1.82) is 0 Å². The molecule has 1 aromatic carbocycles. The number of carbonyl (C=O) groups is 1. The molecule has 0 atom stereocenters. The van der Waals surface area contributed by atoms with Crippen molar-refractivity contribution in [2.24, 2.45) is 0 Å². The normalized spacial score (nSPS) is 10.5. The van der Waals surface area contributed by atoms with Crippen molar-refractivity contribution in [1.82, 2.24) is 15.0 Å². The number of hydrogen-bond donors (Lipinski definition) is 0. The third kappa shape index (κ3) is 3.32. The minimum atomic E-state index is 0.0255. The largest absolute Gasteiger partial charge is 0.349 e. The Morgan fingerprint density at radius 1 is 1.37 bits per heavy atom. The van der Waals surface area contributed by atoms with Crippen molar-refractivity contribution in [3.8, 4) is 11.4 Å². The second-order valence-electron chi connectivity index (χ2n) is 4.28. The summed E-state index contributed by atoms with van der Waals surface area (Å²) in [6.45, 7) is 0. The molecule has 1 amide bonds. The van der Waals surface area contributed by atoms with E-state index in [9.17, 15) is 4.79 Å². The zero-order valence-electron chi connectivity index (χ0n) is 10.8. The highest BCUT2D eigenvalue weighted by Gasteiger charge is 2.13. The molecule has 0 unspecified atom stereocenters. The Hall–Kier alpha value is -1.88. The first-order valence-corrected chi connectivity index (χ1v) is 6.23. The first-order valence-electron chi connectivity index (χ1n) is 5.85. The summed E-state index contributed by atoms with van der Waals surface area (Å²) in [6.07, 6.45) is 0.769. The van der Waals surface area contributed by atoms with E-state index in [1.165, 1.54) is 4.90 Å². The summed E-state index contributed by atoms with van der Waals surface area (Å²) in [7, 11) is 3.43. The van der Waals surface area contributed by atoms with Gasteiger partial charge in [-0.25, -0.2) is 0 Å². The average Bonchev–Trinajstić information content (AvgIpc) is 2.85. The molecule has 0 N–H and O–H groups in total. The molecule has 1 aromatic heterocycles. The van der Waals surface area contributed by atoms with Crippen LogP contribution in [0.25, 0.3) is 11.4 Å². The van der Waals surface area contributed by atoms with Crippen LogP contribution in [0.2, 0.25) is 5.02 Å². The van der Waals surface area contributed by atoms with Gasteiger partial charge in [-0.2, -0.15) is 4.98 Å². The van der Waals surface area contributed by atoms with Gasteiger partial charge >= 0.3 is 0 Å². The van der Waals surface area contributed by atoms with Crippen LogP contribution in [0, 0.1) is 0 Å². The van der Waals surface area contributed by atoms with E-state index in [4.69, 9.17) is 16.1 Å². The van der Waals surface area contributed by atoms with E-state index in [2.05, 4.69) is 10.1 Å². The first-order chi connectivity index (χ1) is 9.08. The van der Waals surface area contributed by atoms with Gasteiger partial charge in [0.2, 0.25) is 17.6 Å². The number of nitrogens with zero attached hydrogens (tertiary/aromatic N) is 3. The van der Waals surface area contributed by atoms with E-state index < -0.39 is 0 Å². The van der Waals surface area contributed by atoms with Crippen LogP contribution in [0.15, 0.2) is 28.8 Å². The number of amides is 1. The Bertz CT molecular complexity index is 581. The van der Waals surface area contributed by atoms with Gasteiger partial charge in [-0.15, -0.1) is 0 Å². The van der Waals surface area contributed by atoms with Crippen LogP contribution in [-0.4, -0.2) is 35.0 Å². The highest BCUT2D eigenvalue weighted by Crippen LogP contribution is 2.24. The number of aromatic nitrogens is 2. The maximum absolute atomic E-state index is 11.5. The number of benzene rings is 1. The van der Waals surface area contributed by atoms with Crippen molar-refractivity contribution in [2.75, 3.05) is 14.1 Å². The predicted octanol–water partition coefficient (Wildman–Crippen LogP) is 2.41. The molecular formula is C13H14ClN3O2. The zero-order chi connectivity index (χ0) is 13.8. The molecule has 0 aliphatic rings. The Kier molecular flexibility index (Phi) is 4.16. The minimum Gasteiger partial charge on any atom is -0.349 e. The average molecular weight is 280 g/mol. The SMILES string of the molecule is CN(C)C(=O)CCc1nc(-c2ccccc2Cl)no1. The summed E-state index contributed by atoms with van der Waals surface area (Å²) in [5, 5.41) is 4.44. The molecule has 0 aliphatic carbocycles. The number of aryl methyl sites for hydroxylation is 1. The predicted molar refractivity (Wildman–Crippen MR) is 71.8 cm³/mol. The van der Waals surface area contributed by atoms with Crippen LogP contribution in [-0.2, 0) is 11.2 Å². The maximum Gasteiger partial charge on any atom is 0.227 e. The summed E-state index contributed by atoms with van der Waals surface area (Å²) >= 11 is 6.05. The fourth-order valence-electron chi connectivity index (χ4n) is 1.55. The third-order valence-electron chi connectivity index (χ3n) is 2.63. The molecule has 19 heavy (non-hydrogen) atoms. The van der Waals surface area contributed by atoms with Gasteiger partial charge in [-0.05, 0) is 12.1 Å². The van der Waals surface area contributed by atoms with Crippen molar-refractivity contribution in [2.45, 2.75) is 12.8 Å². The Labute approximate surface area is 116 Å². The van der Waals surface area contributed by atoms with Crippen LogP contribution in [0.4, 0.5) is 0 Å². The van der Waals surface area contributed by atoms with Gasteiger partial charge in [0, 0.05) is 32.5 Å². The lowest BCUT2D eigenvalue weighted by Gasteiger charge is -2.07. The Morgan fingerprint density at radius 3 is 2.79 bits per heavy atom. The number of halogens is 1. The summed E-state index contributed by atoms with van der Waals surface area (Å²) in [5.74, 6) is 0.903. The third-order valence-corrected chi connectivity index (χ3v) is 2.96. The molecule has 0 aliphatic heterocycles. The van der Waals surface area contributed by atoms with Crippen molar-refractivity contribution in [3.05, 3.63) is 35.2 Å². The molecular weight excluding hydrogens is 266 g/mol. The topological polar surface area (TPSA) is 59.2 Å².